The van der Waals surface area contributed by atoms with E-state index in [1.165, 1.54) is 42.5 Å². The van der Waals surface area contributed by atoms with Gasteiger partial charge in [0.25, 0.3) is 11.5 Å². The SMILES string of the molecule is Cc1cc(N2C(=O)C(=O)/C(=C(/O)c3ccc(F)cc3)C2c2ccc([N+](=O)[O-])cc2)no1. The fraction of sp³-hybridized carbons (Fsp3) is 0.0952. The summed E-state index contributed by atoms with van der Waals surface area (Å²) in [6.45, 7) is 1.60. The van der Waals surface area contributed by atoms with Gasteiger partial charge in [-0.3, -0.25) is 24.6 Å². The molecule has 1 amide bonds. The number of carbonyl (C=O) groups is 2. The van der Waals surface area contributed by atoms with E-state index in [0.717, 1.165) is 17.0 Å². The van der Waals surface area contributed by atoms with Crippen LogP contribution in [-0.2, 0) is 9.59 Å². The van der Waals surface area contributed by atoms with Gasteiger partial charge in [-0.2, -0.15) is 0 Å². The molecule has 3 aromatic rings. The van der Waals surface area contributed by atoms with Gasteiger partial charge in [-0.25, -0.2) is 4.39 Å². The Morgan fingerprint density at radius 1 is 1.16 bits per heavy atom. The van der Waals surface area contributed by atoms with Crippen molar-refractivity contribution >= 4 is 29.0 Å². The lowest BCUT2D eigenvalue weighted by Gasteiger charge is -2.22. The predicted molar refractivity (Wildman–Crippen MR) is 106 cm³/mol. The molecule has 1 N–H and O–H groups in total. The van der Waals surface area contributed by atoms with Gasteiger partial charge in [0.15, 0.2) is 5.82 Å². The van der Waals surface area contributed by atoms with E-state index in [1.54, 1.807) is 6.92 Å². The Bertz CT molecular complexity index is 1230. The number of rotatable bonds is 4. The average molecular weight is 423 g/mol. The summed E-state index contributed by atoms with van der Waals surface area (Å²) in [5, 5.41) is 25.6. The maximum Gasteiger partial charge on any atom is 0.301 e. The van der Waals surface area contributed by atoms with Crippen LogP contribution in [0.2, 0.25) is 0 Å². The molecule has 0 spiro atoms. The third-order valence-corrected chi connectivity index (χ3v) is 4.84. The molecule has 156 valence electrons. The number of non-ortho nitro benzene ring substituents is 1. The van der Waals surface area contributed by atoms with Crippen LogP contribution in [-0.4, -0.2) is 26.9 Å². The number of hydrogen-bond donors (Lipinski definition) is 1. The average Bonchev–Trinajstić information content (AvgIpc) is 3.29. The van der Waals surface area contributed by atoms with Crippen LogP contribution in [0, 0.1) is 22.9 Å². The van der Waals surface area contributed by atoms with E-state index >= 15 is 0 Å². The summed E-state index contributed by atoms with van der Waals surface area (Å²) in [5.41, 5.74) is 0.0133. The normalized spacial score (nSPS) is 17.9. The van der Waals surface area contributed by atoms with E-state index in [0.29, 0.717) is 11.3 Å². The Balaban J connectivity index is 1.92. The maximum atomic E-state index is 13.3. The van der Waals surface area contributed by atoms with Crippen LogP contribution in [0.1, 0.15) is 22.9 Å². The van der Waals surface area contributed by atoms with Crippen LogP contribution in [0.3, 0.4) is 0 Å². The van der Waals surface area contributed by atoms with Gasteiger partial charge in [0.2, 0.25) is 0 Å². The molecular formula is C21H14FN3O6. The van der Waals surface area contributed by atoms with E-state index in [1.807, 2.05) is 0 Å². The van der Waals surface area contributed by atoms with Gasteiger partial charge in [-0.15, -0.1) is 0 Å². The summed E-state index contributed by atoms with van der Waals surface area (Å²) < 4.78 is 18.3. The van der Waals surface area contributed by atoms with E-state index in [9.17, 15) is 29.2 Å². The van der Waals surface area contributed by atoms with Crippen LogP contribution in [0.4, 0.5) is 15.9 Å². The molecule has 0 aliphatic carbocycles. The van der Waals surface area contributed by atoms with Crippen molar-refractivity contribution in [2.75, 3.05) is 4.90 Å². The number of Topliss-reactive ketones (excluding diaryl/α,β-unsaturated/α-hetero) is 1. The number of benzene rings is 2. The number of aliphatic hydroxyl groups excluding tert-OH is 1. The van der Waals surface area contributed by atoms with Gasteiger partial charge in [0.05, 0.1) is 16.5 Å². The van der Waals surface area contributed by atoms with Crippen molar-refractivity contribution in [1.82, 2.24) is 5.16 Å². The molecule has 1 aliphatic rings. The molecule has 2 aromatic carbocycles. The van der Waals surface area contributed by atoms with Crippen LogP contribution in [0.15, 0.2) is 64.7 Å². The third kappa shape index (κ3) is 3.44. The lowest BCUT2D eigenvalue weighted by molar-refractivity contribution is -0.384. The highest BCUT2D eigenvalue weighted by Gasteiger charge is 2.48. The van der Waals surface area contributed by atoms with Crippen molar-refractivity contribution in [3.8, 4) is 0 Å². The molecule has 2 heterocycles. The van der Waals surface area contributed by atoms with Crippen molar-refractivity contribution in [2.45, 2.75) is 13.0 Å². The zero-order valence-corrected chi connectivity index (χ0v) is 16.0. The van der Waals surface area contributed by atoms with Crippen LogP contribution in [0.5, 0.6) is 0 Å². The Labute approximate surface area is 174 Å². The first-order valence-corrected chi connectivity index (χ1v) is 9.02. The molecule has 0 bridgehead atoms. The molecule has 0 saturated carbocycles. The number of aromatic nitrogens is 1. The highest BCUT2D eigenvalue weighted by Crippen LogP contribution is 2.42. The molecule has 10 heteroatoms. The summed E-state index contributed by atoms with van der Waals surface area (Å²) in [7, 11) is 0. The zero-order valence-electron chi connectivity index (χ0n) is 16.0. The minimum absolute atomic E-state index is 0.0427. The molecular weight excluding hydrogens is 409 g/mol. The number of halogens is 1. The molecule has 1 atom stereocenters. The Morgan fingerprint density at radius 3 is 2.35 bits per heavy atom. The molecule has 4 rings (SSSR count). The van der Waals surface area contributed by atoms with Crippen LogP contribution in [0.25, 0.3) is 5.76 Å². The molecule has 0 radical (unpaired) electrons. The first-order valence-electron chi connectivity index (χ1n) is 9.02. The maximum absolute atomic E-state index is 13.3. The second-order valence-electron chi connectivity index (χ2n) is 6.82. The van der Waals surface area contributed by atoms with E-state index in [4.69, 9.17) is 4.52 Å². The number of amides is 1. The topological polar surface area (TPSA) is 127 Å². The number of nitro groups is 1. The lowest BCUT2D eigenvalue weighted by atomic mass is 9.95. The molecule has 1 aromatic heterocycles. The van der Waals surface area contributed by atoms with Gasteiger partial charge in [-0.1, -0.05) is 5.16 Å². The number of anilines is 1. The smallest absolute Gasteiger partial charge is 0.301 e. The second-order valence-corrected chi connectivity index (χ2v) is 6.82. The molecule has 1 unspecified atom stereocenters. The quantitative estimate of drug-likeness (QED) is 0.223. The minimum atomic E-state index is -1.13. The van der Waals surface area contributed by atoms with E-state index in [2.05, 4.69) is 5.16 Å². The van der Waals surface area contributed by atoms with E-state index in [-0.39, 0.29) is 22.6 Å². The van der Waals surface area contributed by atoms with Gasteiger partial charge < -0.3 is 9.63 Å². The second kappa shape index (κ2) is 7.48. The van der Waals surface area contributed by atoms with Crippen molar-refractivity contribution in [3.05, 3.63) is 93.0 Å². The summed E-state index contributed by atoms with van der Waals surface area (Å²) in [6.07, 6.45) is 0. The van der Waals surface area contributed by atoms with Crippen molar-refractivity contribution in [1.29, 1.82) is 0 Å². The zero-order chi connectivity index (χ0) is 22.3. The summed E-state index contributed by atoms with van der Waals surface area (Å²) in [4.78, 5) is 37.2. The predicted octanol–water partition coefficient (Wildman–Crippen LogP) is 3.66. The third-order valence-electron chi connectivity index (χ3n) is 4.84. The number of nitrogens with zero attached hydrogens (tertiary/aromatic N) is 3. The summed E-state index contributed by atoms with van der Waals surface area (Å²) in [6, 6.07) is 10.3. The fourth-order valence-electron chi connectivity index (χ4n) is 3.39. The Hall–Kier alpha value is -4.34. The molecule has 9 nitrogen and oxygen atoms in total. The first kappa shape index (κ1) is 20.0. The lowest BCUT2D eigenvalue weighted by Crippen LogP contribution is -2.29. The molecule has 1 saturated heterocycles. The highest BCUT2D eigenvalue weighted by atomic mass is 19.1. The van der Waals surface area contributed by atoms with Crippen molar-refractivity contribution in [3.63, 3.8) is 0 Å². The Morgan fingerprint density at radius 2 is 1.81 bits per heavy atom. The first-order chi connectivity index (χ1) is 14.8. The molecule has 1 fully saturated rings. The summed E-state index contributed by atoms with van der Waals surface area (Å²) in [5.74, 6) is -2.56. The standard InChI is InChI=1S/C21H14FN3O6/c1-11-10-16(23-31-11)24-18(12-4-8-15(9-5-12)25(29)30)17(20(27)21(24)28)19(26)13-2-6-14(22)7-3-13/h2-10,18,26H,1H3/b19-17+. The van der Waals surface area contributed by atoms with Gasteiger partial charge in [0, 0.05) is 23.8 Å². The van der Waals surface area contributed by atoms with E-state index < -0.39 is 34.2 Å². The van der Waals surface area contributed by atoms with Gasteiger partial charge in [0.1, 0.15) is 17.3 Å². The molecule has 31 heavy (non-hydrogen) atoms. The number of aryl methyl sites for hydroxylation is 1. The fourth-order valence-corrected chi connectivity index (χ4v) is 3.39. The number of hydrogen-bond acceptors (Lipinski definition) is 7. The molecule has 1 aliphatic heterocycles. The number of ketones is 1. The minimum Gasteiger partial charge on any atom is -0.507 e. The van der Waals surface area contributed by atoms with Crippen molar-refractivity contribution in [2.24, 2.45) is 0 Å². The monoisotopic (exact) mass is 423 g/mol. The largest absolute Gasteiger partial charge is 0.507 e. The van der Waals surface area contributed by atoms with Crippen LogP contribution >= 0.6 is 0 Å². The number of nitro benzene ring substituents is 1. The van der Waals surface area contributed by atoms with Gasteiger partial charge in [-0.05, 0) is 48.9 Å². The highest BCUT2D eigenvalue weighted by molar-refractivity contribution is 6.51. The summed E-state index contributed by atoms with van der Waals surface area (Å²) >= 11 is 0. The van der Waals surface area contributed by atoms with Crippen LogP contribution < -0.4 is 4.90 Å². The number of aliphatic hydroxyl groups is 1. The van der Waals surface area contributed by atoms with Gasteiger partial charge >= 0.3 is 5.91 Å². The number of carbonyl (C=O) groups excluding carboxylic acids is 2. The van der Waals surface area contributed by atoms with Crippen molar-refractivity contribution < 1.29 is 28.5 Å². The Kier molecular flexibility index (Phi) is 4.82.